The van der Waals surface area contributed by atoms with E-state index in [1.807, 2.05) is 0 Å². The quantitative estimate of drug-likeness (QED) is 0.380. The van der Waals surface area contributed by atoms with Crippen LogP contribution in [0.4, 0.5) is 13.2 Å². The molecule has 37 heavy (non-hydrogen) atoms. The third-order valence-corrected chi connectivity index (χ3v) is 11.2. The predicted molar refractivity (Wildman–Crippen MR) is 132 cm³/mol. The van der Waals surface area contributed by atoms with Crippen molar-refractivity contribution in [2.75, 3.05) is 19.4 Å². The van der Waals surface area contributed by atoms with Crippen molar-refractivity contribution >= 4 is 19.9 Å². The largest absolute Gasteiger partial charge is 0.497 e. The number of sulfone groups is 1. The highest BCUT2D eigenvalue weighted by Gasteiger charge is 2.54. The van der Waals surface area contributed by atoms with Gasteiger partial charge in [0.1, 0.15) is 16.4 Å². The Hall–Kier alpha value is -2.19. The molecule has 2 aromatic rings. The normalized spacial score (nSPS) is 24.7. The molecule has 4 N–H and O–H groups in total. The molecule has 3 unspecified atom stereocenters. The number of hydrogen-bond acceptors (Lipinski definition) is 7. The van der Waals surface area contributed by atoms with Gasteiger partial charge in [0.05, 0.1) is 17.8 Å². The van der Waals surface area contributed by atoms with Crippen LogP contribution in [0.1, 0.15) is 31.2 Å². The number of halogens is 3. The van der Waals surface area contributed by atoms with E-state index < -0.39 is 54.0 Å². The molecule has 2 fully saturated rings. The Labute approximate surface area is 214 Å². The molecule has 4 rings (SSSR count). The van der Waals surface area contributed by atoms with Crippen molar-refractivity contribution in [2.24, 2.45) is 11.7 Å². The summed E-state index contributed by atoms with van der Waals surface area (Å²) in [6.45, 7) is -0.318. The third-order valence-electron chi connectivity index (χ3n) is 7.32. The van der Waals surface area contributed by atoms with E-state index in [2.05, 4.69) is 10.0 Å². The molecule has 13 heteroatoms. The van der Waals surface area contributed by atoms with Crippen LogP contribution in [0.5, 0.6) is 5.75 Å². The number of methoxy groups -OCH3 is 1. The summed E-state index contributed by atoms with van der Waals surface area (Å²) >= 11 is 0. The van der Waals surface area contributed by atoms with Crippen LogP contribution in [-0.4, -0.2) is 53.2 Å². The summed E-state index contributed by atoms with van der Waals surface area (Å²) in [4.78, 5) is -1.30. The molecule has 4 atom stereocenters. The molecule has 2 saturated heterocycles. The fourth-order valence-corrected chi connectivity index (χ4v) is 8.48. The molecule has 0 radical (unpaired) electrons. The van der Waals surface area contributed by atoms with Gasteiger partial charge in [0.15, 0.2) is 21.5 Å². The van der Waals surface area contributed by atoms with Gasteiger partial charge in [-0.1, -0.05) is 0 Å². The number of nitrogens with one attached hydrogen (secondary N) is 2. The topological polar surface area (TPSA) is 128 Å². The van der Waals surface area contributed by atoms with E-state index in [1.165, 1.54) is 31.4 Å². The zero-order chi connectivity index (χ0) is 27.0. The first-order valence-corrected chi connectivity index (χ1v) is 15.0. The smallest absolute Gasteiger partial charge is 0.240 e. The fraction of sp³-hybridized carbons (Fsp3) is 0.500. The summed E-state index contributed by atoms with van der Waals surface area (Å²) in [5.74, 6) is -3.63. The molecule has 0 aromatic heterocycles. The lowest BCUT2D eigenvalue weighted by atomic mass is 9.83. The molecule has 8 nitrogen and oxygen atoms in total. The van der Waals surface area contributed by atoms with Gasteiger partial charge in [-0.15, -0.1) is 0 Å². The number of hydrogen-bond donors (Lipinski definition) is 3. The highest BCUT2D eigenvalue weighted by molar-refractivity contribution is 7.93. The summed E-state index contributed by atoms with van der Waals surface area (Å²) in [6.07, 6.45) is 1.59. The Morgan fingerprint density at radius 3 is 2.46 bits per heavy atom. The molecule has 0 saturated carbocycles. The van der Waals surface area contributed by atoms with Crippen molar-refractivity contribution in [3.8, 4) is 5.75 Å². The van der Waals surface area contributed by atoms with E-state index in [4.69, 9.17) is 10.5 Å². The zero-order valence-corrected chi connectivity index (χ0v) is 21.8. The van der Waals surface area contributed by atoms with E-state index in [0.717, 1.165) is 6.07 Å². The summed E-state index contributed by atoms with van der Waals surface area (Å²) in [5, 5.41) is 3.19. The van der Waals surface area contributed by atoms with Gasteiger partial charge in [0.25, 0.3) is 0 Å². The Morgan fingerprint density at radius 1 is 1.11 bits per heavy atom. The van der Waals surface area contributed by atoms with E-state index in [0.29, 0.717) is 31.1 Å². The second kappa shape index (κ2) is 10.5. The summed E-state index contributed by atoms with van der Waals surface area (Å²) in [7, 11) is -6.30. The predicted octanol–water partition coefficient (Wildman–Crippen LogP) is 2.23. The second-order valence-electron chi connectivity index (χ2n) is 9.69. The Balaban J connectivity index is 1.42. The van der Waals surface area contributed by atoms with Crippen molar-refractivity contribution < 1.29 is 34.7 Å². The molecular formula is C24H30F3N3O5S2. The number of ether oxygens (including phenoxy) is 1. The first-order valence-electron chi connectivity index (χ1n) is 11.9. The average Bonchev–Trinajstić information content (AvgIpc) is 3.17. The van der Waals surface area contributed by atoms with Crippen LogP contribution in [-0.2, 0) is 26.3 Å². The third kappa shape index (κ3) is 5.80. The lowest BCUT2D eigenvalue weighted by Gasteiger charge is -2.40. The molecule has 0 aliphatic carbocycles. The minimum absolute atomic E-state index is 0.0175. The number of piperidine rings is 1. The summed E-state index contributed by atoms with van der Waals surface area (Å²) < 4.78 is 100. The molecule has 2 aliphatic heterocycles. The number of benzene rings is 2. The molecule has 2 aliphatic rings. The molecule has 204 valence electrons. The van der Waals surface area contributed by atoms with E-state index in [9.17, 15) is 30.0 Å². The van der Waals surface area contributed by atoms with Crippen LogP contribution in [0.25, 0.3) is 0 Å². The van der Waals surface area contributed by atoms with Crippen LogP contribution in [0.2, 0.25) is 0 Å². The van der Waals surface area contributed by atoms with Crippen LogP contribution in [0.3, 0.4) is 0 Å². The fourth-order valence-electron chi connectivity index (χ4n) is 5.32. The Bertz CT molecular complexity index is 1360. The molecular weight excluding hydrogens is 531 g/mol. The van der Waals surface area contributed by atoms with Gasteiger partial charge in [0.2, 0.25) is 10.0 Å². The van der Waals surface area contributed by atoms with Gasteiger partial charge in [0, 0.05) is 24.7 Å². The van der Waals surface area contributed by atoms with E-state index >= 15 is 0 Å². The number of sulfonamides is 1. The summed E-state index contributed by atoms with van der Waals surface area (Å²) in [5.41, 5.74) is 6.26. The second-order valence-corrected chi connectivity index (χ2v) is 13.9. The Kier molecular flexibility index (Phi) is 7.92. The van der Waals surface area contributed by atoms with E-state index in [1.54, 1.807) is 0 Å². The van der Waals surface area contributed by atoms with Crippen LogP contribution in [0, 0.1) is 23.4 Å². The first kappa shape index (κ1) is 27.8. The number of nitrogens with two attached hydrogens (primary N) is 1. The maximum atomic E-state index is 14.2. The van der Waals surface area contributed by atoms with Crippen LogP contribution in [0.15, 0.2) is 41.3 Å². The standard InChI is InChI=1S/C24H30F3N3O5S2/c1-35-18-2-4-19(5-3-18)37(33,34)29-8-9-36(31,32)24-7-6-17(30-24)10-16(14-24)23(28)12-15-11-21(26)22(27)13-20(15)25/h2-5,11,13,16-17,23,29-30H,6-10,12,14,28H2,1H3/t16?,17?,23-,24?/m1/s1. The highest BCUT2D eigenvalue weighted by Crippen LogP contribution is 2.43. The maximum Gasteiger partial charge on any atom is 0.240 e. The van der Waals surface area contributed by atoms with Gasteiger partial charge < -0.3 is 10.5 Å². The van der Waals surface area contributed by atoms with Crippen molar-refractivity contribution in [3.63, 3.8) is 0 Å². The van der Waals surface area contributed by atoms with Crippen molar-refractivity contribution in [2.45, 2.75) is 54.0 Å². The van der Waals surface area contributed by atoms with Crippen LogP contribution < -0.4 is 20.5 Å². The monoisotopic (exact) mass is 561 g/mol. The molecule has 2 aromatic carbocycles. The van der Waals surface area contributed by atoms with Gasteiger partial charge in [-0.05, 0) is 73.9 Å². The minimum atomic E-state index is -3.93. The van der Waals surface area contributed by atoms with Crippen molar-refractivity contribution in [3.05, 3.63) is 59.4 Å². The van der Waals surface area contributed by atoms with Gasteiger partial charge >= 0.3 is 0 Å². The summed E-state index contributed by atoms with van der Waals surface area (Å²) in [6, 6.07) is 6.16. The molecule has 2 bridgehead atoms. The van der Waals surface area contributed by atoms with Crippen LogP contribution >= 0.6 is 0 Å². The van der Waals surface area contributed by atoms with Gasteiger partial charge in [-0.2, -0.15) is 0 Å². The SMILES string of the molecule is COc1ccc(S(=O)(=O)NCCS(=O)(=O)C23CCC(CC([C@H](N)Cc4cc(F)c(F)cc4F)C2)N3)cc1. The van der Waals surface area contributed by atoms with Crippen molar-refractivity contribution in [1.82, 2.24) is 10.0 Å². The minimum Gasteiger partial charge on any atom is -0.497 e. The Morgan fingerprint density at radius 2 is 1.78 bits per heavy atom. The first-order chi connectivity index (χ1) is 17.4. The zero-order valence-electron chi connectivity index (χ0n) is 20.2. The number of fused-ring (bicyclic) bond motifs is 2. The lowest BCUT2D eigenvalue weighted by molar-refractivity contribution is 0.234. The van der Waals surface area contributed by atoms with Gasteiger partial charge in [-0.3, -0.25) is 5.32 Å². The van der Waals surface area contributed by atoms with Gasteiger partial charge in [-0.25, -0.2) is 34.7 Å². The highest BCUT2D eigenvalue weighted by atomic mass is 32.2. The molecule has 0 spiro atoms. The molecule has 0 amide bonds. The van der Waals surface area contributed by atoms with E-state index in [-0.39, 0.29) is 41.8 Å². The average molecular weight is 562 g/mol. The maximum absolute atomic E-state index is 14.2. The van der Waals surface area contributed by atoms with Crippen molar-refractivity contribution in [1.29, 1.82) is 0 Å². The number of rotatable bonds is 10. The lowest BCUT2D eigenvalue weighted by Crippen LogP contribution is -2.58. The molecule has 2 heterocycles.